The Hall–Kier alpha value is -0.0800. The summed E-state index contributed by atoms with van der Waals surface area (Å²) >= 11 is 0. The van der Waals surface area contributed by atoms with E-state index in [2.05, 4.69) is 10.2 Å². The van der Waals surface area contributed by atoms with Crippen LogP contribution in [0, 0.1) is 5.92 Å². The summed E-state index contributed by atoms with van der Waals surface area (Å²) in [7, 11) is 0. The van der Waals surface area contributed by atoms with Crippen LogP contribution in [0.3, 0.4) is 0 Å². The van der Waals surface area contributed by atoms with Gasteiger partial charge >= 0.3 is 0 Å². The van der Waals surface area contributed by atoms with Crippen molar-refractivity contribution in [2.24, 2.45) is 5.92 Å². The summed E-state index contributed by atoms with van der Waals surface area (Å²) in [5.41, 5.74) is 0. The molecule has 0 aromatic rings. The van der Waals surface area contributed by atoms with Gasteiger partial charge in [0.05, 0.1) is 0 Å². The summed E-state index contributed by atoms with van der Waals surface area (Å²) in [6.07, 6.45) is 8.69. The Morgan fingerprint density at radius 2 is 2.07 bits per heavy atom. The van der Waals surface area contributed by atoms with Gasteiger partial charge in [-0.2, -0.15) is 0 Å². The first-order chi connectivity index (χ1) is 6.93. The lowest BCUT2D eigenvalue weighted by Gasteiger charge is -2.48. The molecule has 3 saturated heterocycles. The van der Waals surface area contributed by atoms with Crippen LogP contribution in [0.25, 0.3) is 0 Å². The smallest absolute Gasteiger partial charge is 0.0122 e. The van der Waals surface area contributed by atoms with Crippen molar-refractivity contribution in [1.82, 2.24) is 10.2 Å². The Morgan fingerprint density at radius 3 is 3.07 bits per heavy atom. The molecule has 0 amide bonds. The van der Waals surface area contributed by atoms with Gasteiger partial charge in [0.1, 0.15) is 0 Å². The van der Waals surface area contributed by atoms with E-state index >= 15 is 0 Å². The van der Waals surface area contributed by atoms with Crippen molar-refractivity contribution in [2.75, 3.05) is 19.6 Å². The van der Waals surface area contributed by atoms with E-state index in [4.69, 9.17) is 0 Å². The molecule has 3 aliphatic rings. The second-order valence-corrected chi connectivity index (χ2v) is 5.34. The molecule has 3 rings (SSSR count). The number of nitrogens with one attached hydrogen (secondary N) is 1. The van der Waals surface area contributed by atoms with E-state index in [1.807, 2.05) is 0 Å². The van der Waals surface area contributed by atoms with Gasteiger partial charge < -0.3 is 5.32 Å². The molecule has 0 aliphatic carbocycles. The van der Waals surface area contributed by atoms with Gasteiger partial charge in [-0.05, 0) is 51.1 Å². The van der Waals surface area contributed by atoms with Crippen molar-refractivity contribution in [1.29, 1.82) is 0 Å². The lowest BCUT2D eigenvalue weighted by Crippen LogP contribution is -2.57. The van der Waals surface area contributed by atoms with Gasteiger partial charge in [-0.25, -0.2) is 0 Å². The Kier molecular flexibility index (Phi) is 2.50. The molecule has 0 saturated carbocycles. The van der Waals surface area contributed by atoms with Crippen molar-refractivity contribution in [2.45, 2.75) is 50.6 Å². The summed E-state index contributed by atoms with van der Waals surface area (Å²) < 4.78 is 0. The molecule has 2 nitrogen and oxygen atoms in total. The minimum absolute atomic E-state index is 0.864. The molecule has 0 spiro atoms. The second-order valence-electron chi connectivity index (χ2n) is 5.34. The summed E-state index contributed by atoms with van der Waals surface area (Å²) in [6.45, 7) is 4.05. The largest absolute Gasteiger partial charge is 0.314 e. The lowest BCUT2D eigenvalue weighted by molar-refractivity contribution is 0.0387. The minimum atomic E-state index is 0.864. The zero-order valence-corrected chi connectivity index (χ0v) is 9.04. The normalized spacial score (nSPS) is 44.1. The SMILES string of the molecule is C1CNC2CC3CCCCN3CC2C1. The van der Waals surface area contributed by atoms with E-state index in [1.165, 1.54) is 58.2 Å². The van der Waals surface area contributed by atoms with E-state index in [9.17, 15) is 0 Å². The first-order valence-electron chi connectivity index (χ1n) is 6.41. The van der Waals surface area contributed by atoms with Gasteiger partial charge in [0.25, 0.3) is 0 Å². The van der Waals surface area contributed by atoms with Crippen LogP contribution in [0.4, 0.5) is 0 Å². The van der Waals surface area contributed by atoms with Gasteiger partial charge in [-0.3, -0.25) is 4.90 Å². The zero-order valence-electron chi connectivity index (χ0n) is 9.04. The fraction of sp³-hybridized carbons (Fsp3) is 1.00. The number of nitrogens with zero attached hydrogens (tertiary/aromatic N) is 1. The summed E-state index contributed by atoms with van der Waals surface area (Å²) in [4.78, 5) is 2.78. The molecule has 14 heavy (non-hydrogen) atoms. The molecular weight excluding hydrogens is 172 g/mol. The van der Waals surface area contributed by atoms with Crippen molar-refractivity contribution >= 4 is 0 Å². The maximum atomic E-state index is 3.73. The van der Waals surface area contributed by atoms with Gasteiger partial charge in [0.15, 0.2) is 0 Å². The minimum Gasteiger partial charge on any atom is -0.314 e. The van der Waals surface area contributed by atoms with E-state index in [0.717, 1.165) is 18.0 Å². The third kappa shape index (κ3) is 1.59. The fourth-order valence-electron chi connectivity index (χ4n) is 3.68. The predicted octanol–water partition coefficient (Wildman–Crippen LogP) is 1.61. The Labute approximate surface area is 87.0 Å². The molecule has 1 N–H and O–H groups in total. The quantitative estimate of drug-likeness (QED) is 0.630. The first kappa shape index (κ1) is 9.17. The highest BCUT2D eigenvalue weighted by molar-refractivity contribution is 4.94. The monoisotopic (exact) mass is 194 g/mol. The lowest BCUT2D eigenvalue weighted by atomic mass is 9.80. The highest BCUT2D eigenvalue weighted by atomic mass is 15.2. The molecule has 0 aromatic heterocycles. The van der Waals surface area contributed by atoms with Gasteiger partial charge in [-0.15, -0.1) is 0 Å². The van der Waals surface area contributed by atoms with Crippen LogP contribution >= 0.6 is 0 Å². The molecule has 80 valence electrons. The summed E-state index contributed by atoms with van der Waals surface area (Å²) in [5.74, 6) is 0.970. The molecule has 0 radical (unpaired) electrons. The number of rotatable bonds is 0. The van der Waals surface area contributed by atoms with E-state index in [0.29, 0.717) is 0 Å². The van der Waals surface area contributed by atoms with Gasteiger partial charge in [0, 0.05) is 18.6 Å². The van der Waals surface area contributed by atoms with Crippen LogP contribution in [0.5, 0.6) is 0 Å². The fourth-order valence-corrected chi connectivity index (χ4v) is 3.68. The third-order valence-electron chi connectivity index (χ3n) is 4.47. The van der Waals surface area contributed by atoms with E-state index in [-0.39, 0.29) is 0 Å². The van der Waals surface area contributed by atoms with Crippen LogP contribution < -0.4 is 5.32 Å². The zero-order chi connectivity index (χ0) is 9.38. The number of hydrogen-bond acceptors (Lipinski definition) is 2. The van der Waals surface area contributed by atoms with E-state index in [1.54, 1.807) is 0 Å². The molecular formula is C12H22N2. The maximum absolute atomic E-state index is 3.73. The molecule has 3 heterocycles. The molecule has 0 aromatic carbocycles. The molecule has 3 aliphatic heterocycles. The van der Waals surface area contributed by atoms with Crippen LogP contribution in [0.1, 0.15) is 38.5 Å². The second kappa shape index (κ2) is 3.82. The van der Waals surface area contributed by atoms with Crippen molar-refractivity contribution in [3.05, 3.63) is 0 Å². The topological polar surface area (TPSA) is 15.3 Å². The van der Waals surface area contributed by atoms with Crippen LogP contribution in [-0.4, -0.2) is 36.6 Å². The predicted molar refractivity (Wildman–Crippen MR) is 58.3 cm³/mol. The standard InChI is InChI=1S/C12H22N2/c1-2-7-14-9-10-4-3-6-13-12(10)8-11(14)5-1/h10-13H,1-9H2. The number of fused-ring (bicyclic) bond motifs is 2. The average Bonchev–Trinajstić information content (AvgIpc) is 2.26. The maximum Gasteiger partial charge on any atom is 0.0122 e. The molecule has 3 unspecified atom stereocenters. The van der Waals surface area contributed by atoms with Crippen molar-refractivity contribution in [3.63, 3.8) is 0 Å². The first-order valence-corrected chi connectivity index (χ1v) is 6.41. The van der Waals surface area contributed by atoms with Crippen LogP contribution in [-0.2, 0) is 0 Å². The van der Waals surface area contributed by atoms with Gasteiger partial charge in [0.2, 0.25) is 0 Å². The number of piperidine rings is 3. The van der Waals surface area contributed by atoms with Gasteiger partial charge in [-0.1, -0.05) is 6.42 Å². The highest BCUT2D eigenvalue weighted by Gasteiger charge is 2.37. The Morgan fingerprint density at radius 1 is 1.07 bits per heavy atom. The highest BCUT2D eigenvalue weighted by Crippen LogP contribution is 2.32. The molecule has 0 bridgehead atoms. The van der Waals surface area contributed by atoms with Crippen LogP contribution in [0.2, 0.25) is 0 Å². The number of hydrogen-bond donors (Lipinski definition) is 1. The molecule has 2 heteroatoms. The molecule has 3 fully saturated rings. The Bertz CT molecular complexity index is 162. The summed E-state index contributed by atoms with van der Waals surface area (Å²) in [6, 6.07) is 1.79. The average molecular weight is 194 g/mol. The molecule has 3 atom stereocenters. The Balaban J connectivity index is 1.68. The van der Waals surface area contributed by atoms with Crippen LogP contribution in [0.15, 0.2) is 0 Å². The van der Waals surface area contributed by atoms with E-state index < -0.39 is 0 Å². The third-order valence-corrected chi connectivity index (χ3v) is 4.47. The van der Waals surface area contributed by atoms with Crippen molar-refractivity contribution < 1.29 is 0 Å². The summed E-state index contributed by atoms with van der Waals surface area (Å²) in [5, 5.41) is 3.73. The van der Waals surface area contributed by atoms with Crippen molar-refractivity contribution in [3.8, 4) is 0 Å².